The molecule has 2 heterocycles. The van der Waals surface area contributed by atoms with Gasteiger partial charge in [0, 0.05) is 43.2 Å². The van der Waals surface area contributed by atoms with Gasteiger partial charge in [0.15, 0.2) is 0 Å². The molecule has 0 radical (unpaired) electrons. The molecule has 1 amide bonds. The molecule has 2 N–H and O–H groups in total. The van der Waals surface area contributed by atoms with Crippen molar-refractivity contribution in [2.24, 2.45) is 5.92 Å². The summed E-state index contributed by atoms with van der Waals surface area (Å²) in [4.78, 5) is 15.3. The number of carbonyl (C=O) groups excluding carboxylic acids is 1. The second-order valence-corrected chi connectivity index (χ2v) is 6.81. The van der Waals surface area contributed by atoms with Gasteiger partial charge in [-0.05, 0) is 24.5 Å². The first-order valence-corrected chi connectivity index (χ1v) is 8.93. The normalized spacial score (nSPS) is 23.2. The second kappa shape index (κ2) is 6.88. The molecule has 132 valence electrons. The van der Waals surface area contributed by atoms with E-state index < -0.39 is 0 Å². The number of carbonyl (C=O) groups is 1. The molecule has 25 heavy (non-hydrogen) atoms. The van der Waals surface area contributed by atoms with Crippen molar-refractivity contribution in [3.63, 3.8) is 0 Å². The molecule has 6 nitrogen and oxygen atoms in total. The molecule has 2 aliphatic rings. The van der Waals surface area contributed by atoms with Crippen LogP contribution in [0.3, 0.4) is 0 Å². The topological polar surface area (TPSA) is 70.2 Å². The van der Waals surface area contributed by atoms with Crippen molar-refractivity contribution < 1.29 is 9.53 Å². The van der Waals surface area contributed by atoms with Gasteiger partial charge in [-0.15, -0.1) is 0 Å². The predicted octanol–water partition coefficient (Wildman–Crippen LogP) is 1.70. The fourth-order valence-corrected chi connectivity index (χ4v) is 4.04. The third-order valence-electron chi connectivity index (χ3n) is 5.39. The molecule has 2 unspecified atom stereocenters. The molecule has 1 fully saturated rings. The lowest BCUT2D eigenvalue weighted by molar-refractivity contribution is -0.139. The molecule has 0 saturated carbocycles. The fourth-order valence-electron chi connectivity index (χ4n) is 4.04. The minimum Gasteiger partial charge on any atom is -0.496 e. The molecular formula is C19H24N4O2. The zero-order valence-electron chi connectivity index (χ0n) is 14.5. The number of methoxy groups -OCH3 is 1. The lowest BCUT2D eigenvalue weighted by Crippen LogP contribution is -2.51. The first-order valence-electron chi connectivity index (χ1n) is 8.93. The van der Waals surface area contributed by atoms with Gasteiger partial charge >= 0.3 is 0 Å². The Morgan fingerprint density at radius 2 is 2.24 bits per heavy atom. The SMILES string of the molecule is COc1ccccc1C1CNCCN1C(=O)C1CCc2cn[nH]c2C1. The van der Waals surface area contributed by atoms with E-state index in [2.05, 4.69) is 21.6 Å². The van der Waals surface area contributed by atoms with E-state index in [-0.39, 0.29) is 17.9 Å². The van der Waals surface area contributed by atoms with E-state index in [9.17, 15) is 4.79 Å². The van der Waals surface area contributed by atoms with Gasteiger partial charge in [-0.25, -0.2) is 0 Å². The van der Waals surface area contributed by atoms with Gasteiger partial charge < -0.3 is 15.0 Å². The molecule has 6 heteroatoms. The molecule has 0 bridgehead atoms. The summed E-state index contributed by atoms with van der Waals surface area (Å²) in [5, 5.41) is 10.6. The minimum absolute atomic E-state index is 0.0144. The highest BCUT2D eigenvalue weighted by Crippen LogP contribution is 2.33. The standard InChI is InChI=1S/C19H24N4O2/c1-25-18-5-3-2-4-15(18)17-12-20-8-9-23(17)19(24)13-6-7-14-11-21-22-16(14)10-13/h2-5,11,13,17,20H,6-10,12H2,1H3,(H,21,22). The molecule has 0 spiro atoms. The van der Waals surface area contributed by atoms with Crippen LogP contribution in [0.25, 0.3) is 0 Å². The van der Waals surface area contributed by atoms with Gasteiger partial charge in [0.05, 0.1) is 19.3 Å². The Labute approximate surface area is 147 Å². The largest absolute Gasteiger partial charge is 0.496 e. The van der Waals surface area contributed by atoms with Crippen LogP contribution in [0, 0.1) is 5.92 Å². The van der Waals surface area contributed by atoms with Crippen LogP contribution in [-0.2, 0) is 17.6 Å². The average Bonchev–Trinajstić information content (AvgIpc) is 3.15. The molecule has 1 saturated heterocycles. The number of hydrogen-bond acceptors (Lipinski definition) is 4. The van der Waals surface area contributed by atoms with Gasteiger partial charge in [-0.1, -0.05) is 18.2 Å². The lowest BCUT2D eigenvalue weighted by Gasteiger charge is -2.39. The Balaban J connectivity index is 1.58. The number of aryl methyl sites for hydroxylation is 1. The van der Waals surface area contributed by atoms with Crippen LogP contribution in [0.4, 0.5) is 0 Å². The van der Waals surface area contributed by atoms with Crippen LogP contribution in [-0.4, -0.2) is 47.7 Å². The number of fused-ring (bicyclic) bond motifs is 1. The summed E-state index contributed by atoms with van der Waals surface area (Å²) in [6.07, 6.45) is 4.47. The van der Waals surface area contributed by atoms with E-state index in [0.717, 1.165) is 55.9 Å². The first kappa shape index (κ1) is 16.1. The maximum atomic E-state index is 13.3. The Hall–Kier alpha value is -2.34. The van der Waals surface area contributed by atoms with E-state index in [1.165, 1.54) is 5.56 Å². The highest BCUT2D eigenvalue weighted by Gasteiger charge is 2.35. The molecule has 1 aliphatic carbocycles. The van der Waals surface area contributed by atoms with Crippen molar-refractivity contribution in [1.29, 1.82) is 0 Å². The summed E-state index contributed by atoms with van der Waals surface area (Å²) < 4.78 is 5.53. The Bertz CT molecular complexity index is 757. The van der Waals surface area contributed by atoms with E-state index in [1.807, 2.05) is 29.3 Å². The van der Waals surface area contributed by atoms with E-state index in [1.54, 1.807) is 7.11 Å². The minimum atomic E-state index is 0.0144. The van der Waals surface area contributed by atoms with Crippen LogP contribution in [0.2, 0.25) is 0 Å². The van der Waals surface area contributed by atoms with Crippen molar-refractivity contribution in [3.8, 4) is 5.75 Å². The summed E-state index contributed by atoms with van der Waals surface area (Å²) in [7, 11) is 1.68. The number of hydrogen-bond donors (Lipinski definition) is 2. The van der Waals surface area contributed by atoms with E-state index >= 15 is 0 Å². The number of H-pyrrole nitrogens is 1. The zero-order valence-corrected chi connectivity index (χ0v) is 14.5. The van der Waals surface area contributed by atoms with Crippen molar-refractivity contribution in [2.75, 3.05) is 26.7 Å². The van der Waals surface area contributed by atoms with Crippen LogP contribution in [0.15, 0.2) is 30.5 Å². The fraction of sp³-hybridized carbons (Fsp3) is 0.474. The van der Waals surface area contributed by atoms with Crippen LogP contribution < -0.4 is 10.1 Å². The Kier molecular flexibility index (Phi) is 4.44. The molecule has 1 aliphatic heterocycles. The van der Waals surface area contributed by atoms with Crippen LogP contribution in [0.1, 0.15) is 29.3 Å². The zero-order chi connectivity index (χ0) is 17.2. The number of piperazine rings is 1. The van der Waals surface area contributed by atoms with E-state index in [0.29, 0.717) is 0 Å². The molecule has 4 rings (SSSR count). The molecule has 1 aromatic heterocycles. The van der Waals surface area contributed by atoms with Crippen LogP contribution >= 0.6 is 0 Å². The Morgan fingerprint density at radius 3 is 3.12 bits per heavy atom. The maximum Gasteiger partial charge on any atom is 0.226 e. The van der Waals surface area contributed by atoms with E-state index in [4.69, 9.17) is 4.74 Å². The summed E-state index contributed by atoms with van der Waals surface area (Å²) in [6.45, 7) is 2.32. The maximum absolute atomic E-state index is 13.3. The van der Waals surface area contributed by atoms with Gasteiger partial charge in [0.1, 0.15) is 5.75 Å². The number of ether oxygens (including phenoxy) is 1. The molecular weight excluding hydrogens is 316 g/mol. The molecule has 2 aromatic rings. The van der Waals surface area contributed by atoms with Gasteiger partial charge in [-0.2, -0.15) is 5.10 Å². The summed E-state index contributed by atoms with van der Waals surface area (Å²) in [5.41, 5.74) is 3.45. The quantitative estimate of drug-likeness (QED) is 0.892. The van der Waals surface area contributed by atoms with Crippen molar-refractivity contribution >= 4 is 5.91 Å². The number of para-hydroxylation sites is 1. The van der Waals surface area contributed by atoms with Gasteiger partial charge in [0.25, 0.3) is 0 Å². The molecule has 1 aromatic carbocycles. The first-order chi connectivity index (χ1) is 12.3. The highest BCUT2D eigenvalue weighted by molar-refractivity contribution is 5.80. The average molecular weight is 340 g/mol. The number of aromatic amines is 1. The number of benzene rings is 1. The predicted molar refractivity (Wildman–Crippen MR) is 94.4 cm³/mol. The number of rotatable bonds is 3. The number of aromatic nitrogens is 2. The second-order valence-electron chi connectivity index (χ2n) is 6.81. The monoisotopic (exact) mass is 340 g/mol. The third-order valence-corrected chi connectivity index (χ3v) is 5.39. The summed E-state index contributed by atoms with van der Waals surface area (Å²) in [5.74, 6) is 1.12. The third kappa shape index (κ3) is 3.02. The summed E-state index contributed by atoms with van der Waals surface area (Å²) in [6, 6.07) is 8.01. The number of nitrogens with one attached hydrogen (secondary N) is 2. The lowest BCUT2D eigenvalue weighted by atomic mass is 9.86. The number of nitrogens with zero attached hydrogens (tertiary/aromatic N) is 2. The van der Waals surface area contributed by atoms with Crippen molar-refractivity contribution in [1.82, 2.24) is 20.4 Å². The van der Waals surface area contributed by atoms with Gasteiger partial charge in [0.2, 0.25) is 5.91 Å². The van der Waals surface area contributed by atoms with Crippen molar-refractivity contribution in [3.05, 3.63) is 47.3 Å². The van der Waals surface area contributed by atoms with Crippen LogP contribution in [0.5, 0.6) is 5.75 Å². The van der Waals surface area contributed by atoms with Gasteiger partial charge in [-0.3, -0.25) is 9.89 Å². The smallest absolute Gasteiger partial charge is 0.226 e. The molecule has 2 atom stereocenters. The highest BCUT2D eigenvalue weighted by atomic mass is 16.5. The van der Waals surface area contributed by atoms with Crippen molar-refractivity contribution in [2.45, 2.75) is 25.3 Å². The number of amides is 1. The summed E-state index contributed by atoms with van der Waals surface area (Å²) >= 11 is 0. The Morgan fingerprint density at radius 1 is 1.36 bits per heavy atom.